The Morgan fingerprint density at radius 2 is 2.00 bits per heavy atom. The van der Waals surface area contributed by atoms with E-state index in [0.717, 1.165) is 0 Å². The third-order valence-corrected chi connectivity index (χ3v) is 4.02. The molecule has 8 heteroatoms. The van der Waals surface area contributed by atoms with E-state index in [1.54, 1.807) is 42.8 Å². The lowest BCUT2D eigenvalue weighted by atomic mass is 10.2. The van der Waals surface area contributed by atoms with Crippen LogP contribution in [0, 0.1) is 6.92 Å². The minimum Gasteiger partial charge on any atom is -0.480 e. The summed E-state index contributed by atoms with van der Waals surface area (Å²) in [5.41, 5.74) is 1.49. The molecule has 0 fully saturated rings. The molecule has 0 aliphatic rings. The van der Waals surface area contributed by atoms with Crippen molar-refractivity contribution < 1.29 is 14.7 Å². The molecule has 1 atom stereocenters. The number of hydrogen-bond acceptors (Lipinski definition) is 3. The van der Waals surface area contributed by atoms with E-state index < -0.39 is 17.9 Å². The largest absolute Gasteiger partial charge is 0.480 e. The summed E-state index contributed by atoms with van der Waals surface area (Å²) in [5.74, 6) is -1.62. The molecule has 0 spiro atoms. The number of amides is 1. The number of benzene rings is 1. The molecule has 1 aromatic carbocycles. The van der Waals surface area contributed by atoms with Crippen LogP contribution in [0.5, 0.6) is 0 Å². The average Bonchev–Trinajstić information content (AvgIpc) is 2.89. The van der Waals surface area contributed by atoms with Crippen LogP contribution in [0.3, 0.4) is 0 Å². The van der Waals surface area contributed by atoms with Crippen molar-refractivity contribution in [1.29, 1.82) is 0 Å². The highest BCUT2D eigenvalue weighted by atomic mass is 35.5. The van der Waals surface area contributed by atoms with Crippen LogP contribution in [0.15, 0.2) is 24.3 Å². The van der Waals surface area contributed by atoms with Gasteiger partial charge in [0.1, 0.15) is 6.04 Å². The molecule has 0 saturated heterocycles. The van der Waals surface area contributed by atoms with E-state index in [1.807, 2.05) is 0 Å². The van der Waals surface area contributed by atoms with Gasteiger partial charge >= 0.3 is 5.97 Å². The standard InChI is InChI=1S/C15H15Cl2N3O3/c1-3-12(15(22)23)18-14(21)13-6-8(2)20(19-13)9-4-5-10(16)11(17)7-9/h4-7,12H,3H2,1-2H3,(H,18,21)(H,22,23). The lowest BCUT2D eigenvalue weighted by molar-refractivity contribution is -0.139. The number of rotatable bonds is 5. The van der Waals surface area contributed by atoms with Crippen molar-refractivity contribution in [3.8, 4) is 5.69 Å². The quantitative estimate of drug-likeness (QED) is 0.862. The molecule has 0 radical (unpaired) electrons. The minimum atomic E-state index is -1.08. The zero-order chi connectivity index (χ0) is 17.1. The summed E-state index contributed by atoms with van der Waals surface area (Å²) >= 11 is 11.9. The SMILES string of the molecule is CCC(NC(=O)c1cc(C)n(-c2ccc(Cl)c(Cl)c2)n1)C(=O)O. The van der Waals surface area contributed by atoms with Gasteiger partial charge in [0.2, 0.25) is 0 Å². The van der Waals surface area contributed by atoms with E-state index in [1.165, 1.54) is 0 Å². The first-order valence-electron chi connectivity index (χ1n) is 6.89. The molecule has 1 unspecified atom stereocenters. The second-order valence-corrected chi connectivity index (χ2v) is 5.77. The number of aromatic nitrogens is 2. The molecule has 2 aromatic rings. The summed E-state index contributed by atoms with van der Waals surface area (Å²) in [6.07, 6.45) is 0.285. The summed E-state index contributed by atoms with van der Waals surface area (Å²) < 4.78 is 1.54. The Hall–Kier alpha value is -2.05. The maximum Gasteiger partial charge on any atom is 0.326 e. The number of aliphatic carboxylic acids is 1. The number of hydrogen-bond donors (Lipinski definition) is 2. The smallest absolute Gasteiger partial charge is 0.326 e. The van der Waals surface area contributed by atoms with Crippen LogP contribution in [0.2, 0.25) is 10.0 Å². The van der Waals surface area contributed by atoms with E-state index in [2.05, 4.69) is 10.4 Å². The van der Waals surface area contributed by atoms with Crippen molar-refractivity contribution in [2.75, 3.05) is 0 Å². The highest BCUT2D eigenvalue weighted by Gasteiger charge is 2.21. The van der Waals surface area contributed by atoms with Gasteiger partial charge in [-0.25, -0.2) is 9.48 Å². The second-order valence-electron chi connectivity index (χ2n) is 4.95. The molecule has 6 nitrogen and oxygen atoms in total. The molecule has 23 heavy (non-hydrogen) atoms. The fourth-order valence-corrected chi connectivity index (χ4v) is 2.33. The van der Waals surface area contributed by atoms with E-state index >= 15 is 0 Å². The van der Waals surface area contributed by atoms with Gasteiger partial charge in [0.25, 0.3) is 5.91 Å². The summed E-state index contributed by atoms with van der Waals surface area (Å²) in [6.45, 7) is 3.46. The number of carbonyl (C=O) groups excluding carboxylic acids is 1. The Morgan fingerprint density at radius 1 is 1.30 bits per heavy atom. The van der Waals surface area contributed by atoms with Crippen LogP contribution in [-0.4, -0.2) is 32.8 Å². The number of nitrogens with zero attached hydrogens (tertiary/aromatic N) is 2. The van der Waals surface area contributed by atoms with Crippen molar-refractivity contribution in [2.45, 2.75) is 26.3 Å². The predicted octanol–water partition coefficient (Wildman–Crippen LogP) is 3.08. The van der Waals surface area contributed by atoms with Crippen molar-refractivity contribution in [1.82, 2.24) is 15.1 Å². The molecule has 0 saturated carbocycles. The van der Waals surface area contributed by atoms with Crippen LogP contribution in [-0.2, 0) is 4.79 Å². The molecule has 0 bridgehead atoms. The maximum absolute atomic E-state index is 12.1. The van der Waals surface area contributed by atoms with Crippen LogP contribution < -0.4 is 5.32 Å². The van der Waals surface area contributed by atoms with Gasteiger partial charge < -0.3 is 10.4 Å². The molecule has 2 rings (SSSR count). The van der Waals surface area contributed by atoms with Crippen molar-refractivity contribution in [3.63, 3.8) is 0 Å². The molecule has 2 N–H and O–H groups in total. The molecule has 0 aliphatic heterocycles. The second kappa shape index (κ2) is 7.02. The molecule has 1 aromatic heterocycles. The summed E-state index contributed by atoms with van der Waals surface area (Å²) in [4.78, 5) is 23.1. The Balaban J connectivity index is 2.28. The Kier molecular flexibility index (Phi) is 5.28. The molecule has 1 amide bonds. The van der Waals surface area contributed by atoms with Gasteiger partial charge in [0.05, 0.1) is 15.7 Å². The number of carboxylic acid groups (broad SMARTS) is 1. The first-order valence-corrected chi connectivity index (χ1v) is 7.64. The van der Waals surface area contributed by atoms with E-state index in [0.29, 0.717) is 21.4 Å². The number of nitrogens with one attached hydrogen (secondary N) is 1. The lowest BCUT2D eigenvalue weighted by Crippen LogP contribution is -2.40. The first kappa shape index (κ1) is 17.3. The van der Waals surface area contributed by atoms with Gasteiger partial charge in [-0.1, -0.05) is 30.1 Å². The molecular weight excluding hydrogens is 341 g/mol. The highest BCUT2D eigenvalue weighted by Crippen LogP contribution is 2.25. The monoisotopic (exact) mass is 355 g/mol. The summed E-state index contributed by atoms with van der Waals surface area (Å²) in [7, 11) is 0. The molecular formula is C15H15Cl2N3O3. The van der Waals surface area contributed by atoms with Crippen LogP contribution in [0.1, 0.15) is 29.5 Å². The van der Waals surface area contributed by atoms with Crippen LogP contribution in [0.25, 0.3) is 5.69 Å². The summed E-state index contributed by atoms with van der Waals surface area (Å²) in [5, 5.41) is 16.4. The van der Waals surface area contributed by atoms with Gasteiger partial charge in [-0.15, -0.1) is 0 Å². The fourth-order valence-electron chi connectivity index (χ4n) is 2.03. The Morgan fingerprint density at radius 3 is 2.57 bits per heavy atom. The summed E-state index contributed by atoms with van der Waals surface area (Å²) in [6, 6.07) is 5.63. The van der Waals surface area contributed by atoms with E-state index in [-0.39, 0.29) is 12.1 Å². The molecule has 1 heterocycles. The fraction of sp³-hybridized carbons (Fsp3) is 0.267. The molecule has 122 valence electrons. The Labute approximate surface area is 143 Å². The normalized spacial score (nSPS) is 12.0. The van der Waals surface area contributed by atoms with E-state index in [9.17, 15) is 9.59 Å². The average molecular weight is 356 g/mol. The van der Waals surface area contributed by atoms with Crippen molar-refractivity contribution >= 4 is 35.1 Å². The third kappa shape index (κ3) is 3.83. The minimum absolute atomic E-state index is 0.133. The zero-order valence-electron chi connectivity index (χ0n) is 12.5. The molecule has 0 aliphatic carbocycles. The maximum atomic E-state index is 12.1. The predicted molar refractivity (Wildman–Crippen MR) is 87.5 cm³/mol. The lowest BCUT2D eigenvalue weighted by Gasteiger charge is -2.10. The number of aryl methyl sites for hydroxylation is 1. The number of halogens is 2. The van der Waals surface area contributed by atoms with Crippen molar-refractivity contribution in [2.24, 2.45) is 0 Å². The number of carboxylic acids is 1. The van der Waals surface area contributed by atoms with Gasteiger partial charge in [-0.3, -0.25) is 4.79 Å². The van der Waals surface area contributed by atoms with Gasteiger partial charge in [0.15, 0.2) is 5.69 Å². The first-order chi connectivity index (χ1) is 10.8. The van der Waals surface area contributed by atoms with Gasteiger partial charge in [-0.2, -0.15) is 5.10 Å². The van der Waals surface area contributed by atoms with Gasteiger partial charge in [-0.05, 0) is 37.6 Å². The van der Waals surface area contributed by atoms with Gasteiger partial charge in [0, 0.05) is 5.69 Å². The Bertz CT molecular complexity index is 758. The zero-order valence-corrected chi connectivity index (χ0v) is 14.0. The van der Waals surface area contributed by atoms with E-state index in [4.69, 9.17) is 28.3 Å². The highest BCUT2D eigenvalue weighted by molar-refractivity contribution is 6.42. The number of carbonyl (C=O) groups is 2. The topological polar surface area (TPSA) is 84.2 Å². The van der Waals surface area contributed by atoms with Crippen molar-refractivity contribution in [3.05, 3.63) is 45.7 Å². The van der Waals surface area contributed by atoms with Crippen LogP contribution in [0.4, 0.5) is 0 Å². The third-order valence-electron chi connectivity index (χ3n) is 3.28. The van der Waals surface area contributed by atoms with Crippen LogP contribution >= 0.6 is 23.2 Å².